The van der Waals surface area contributed by atoms with E-state index in [1.54, 1.807) is 55.2 Å². The fraction of sp³-hybridized carbons (Fsp3) is 0.316. The molecule has 2 aromatic heterocycles. The highest BCUT2D eigenvalue weighted by atomic mass is 35.5. The van der Waals surface area contributed by atoms with E-state index in [2.05, 4.69) is 15.4 Å². The molecule has 1 aromatic carbocycles. The lowest BCUT2D eigenvalue weighted by Crippen LogP contribution is -2.18. The van der Waals surface area contributed by atoms with Gasteiger partial charge < -0.3 is 10.1 Å². The fourth-order valence-corrected chi connectivity index (χ4v) is 2.79. The first-order chi connectivity index (χ1) is 13.3. The van der Waals surface area contributed by atoms with Gasteiger partial charge in [0.05, 0.1) is 22.5 Å². The minimum atomic E-state index is -2.56. The summed E-state index contributed by atoms with van der Waals surface area (Å²) in [5, 5.41) is 8.26. The van der Waals surface area contributed by atoms with Gasteiger partial charge in [0.2, 0.25) is 5.91 Å². The molecular weight excluding hydrogens is 390 g/mol. The number of ether oxygens (including phenoxy) is 1. The Kier molecular flexibility index (Phi) is 6.08. The number of rotatable bonds is 7. The third kappa shape index (κ3) is 4.75. The number of aromatic nitrogens is 3. The zero-order chi connectivity index (χ0) is 20.3. The Labute approximate surface area is 165 Å². The maximum absolute atomic E-state index is 12.3. The SMILES string of the molecule is CC(C)C(=O)Nc1nccc2nn(Cc3ccc(OCC(F)F)c(Cl)c3)cc12. The number of benzene rings is 1. The van der Waals surface area contributed by atoms with Crippen LogP contribution >= 0.6 is 11.6 Å². The molecule has 3 aromatic rings. The number of nitrogens with one attached hydrogen (secondary N) is 1. The summed E-state index contributed by atoms with van der Waals surface area (Å²) >= 11 is 6.11. The van der Waals surface area contributed by atoms with Gasteiger partial charge in [-0.15, -0.1) is 0 Å². The molecule has 0 saturated heterocycles. The number of hydrogen-bond donors (Lipinski definition) is 1. The van der Waals surface area contributed by atoms with Crippen LogP contribution in [0.25, 0.3) is 10.9 Å². The van der Waals surface area contributed by atoms with Gasteiger partial charge in [0.15, 0.2) is 0 Å². The highest BCUT2D eigenvalue weighted by Gasteiger charge is 2.13. The summed E-state index contributed by atoms with van der Waals surface area (Å²) in [4.78, 5) is 16.2. The molecule has 0 radical (unpaired) electrons. The van der Waals surface area contributed by atoms with E-state index in [1.807, 2.05) is 0 Å². The van der Waals surface area contributed by atoms with E-state index in [0.717, 1.165) is 10.9 Å². The molecule has 1 amide bonds. The summed E-state index contributed by atoms with van der Waals surface area (Å²) in [7, 11) is 0. The average Bonchev–Trinajstić information content (AvgIpc) is 3.04. The number of hydrogen-bond acceptors (Lipinski definition) is 4. The average molecular weight is 409 g/mol. The summed E-state index contributed by atoms with van der Waals surface area (Å²) in [6, 6.07) is 6.69. The molecule has 0 fully saturated rings. The minimum absolute atomic E-state index is 0.126. The number of alkyl halides is 2. The first kappa shape index (κ1) is 20.0. The molecule has 0 saturated carbocycles. The Morgan fingerprint density at radius 3 is 2.79 bits per heavy atom. The second-order valence-electron chi connectivity index (χ2n) is 6.53. The molecule has 148 valence electrons. The summed E-state index contributed by atoms with van der Waals surface area (Å²) in [6.45, 7) is 3.30. The lowest BCUT2D eigenvalue weighted by molar-refractivity contribution is -0.118. The summed E-state index contributed by atoms with van der Waals surface area (Å²) in [5.41, 5.74) is 1.51. The second-order valence-corrected chi connectivity index (χ2v) is 6.94. The molecule has 0 unspecified atom stereocenters. The van der Waals surface area contributed by atoms with Gasteiger partial charge in [0.1, 0.15) is 18.2 Å². The van der Waals surface area contributed by atoms with E-state index in [1.165, 1.54) is 0 Å². The van der Waals surface area contributed by atoms with Crippen molar-refractivity contribution in [3.63, 3.8) is 0 Å². The van der Waals surface area contributed by atoms with E-state index >= 15 is 0 Å². The molecule has 1 N–H and O–H groups in total. The first-order valence-corrected chi connectivity index (χ1v) is 9.03. The summed E-state index contributed by atoms with van der Waals surface area (Å²) in [6.07, 6.45) is 0.806. The van der Waals surface area contributed by atoms with Crippen LogP contribution in [0.15, 0.2) is 36.7 Å². The van der Waals surface area contributed by atoms with Crippen molar-refractivity contribution in [2.24, 2.45) is 5.92 Å². The van der Waals surface area contributed by atoms with E-state index < -0.39 is 13.0 Å². The van der Waals surface area contributed by atoms with Crippen LogP contribution in [-0.2, 0) is 11.3 Å². The molecule has 0 aliphatic carbocycles. The predicted molar refractivity (Wildman–Crippen MR) is 103 cm³/mol. The van der Waals surface area contributed by atoms with Gasteiger partial charge in [-0.3, -0.25) is 9.48 Å². The van der Waals surface area contributed by atoms with Crippen LogP contribution in [-0.4, -0.2) is 33.7 Å². The van der Waals surface area contributed by atoms with Crippen molar-refractivity contribution in [2.45, 2.75) is 26.8 Å². The maximum atomic E-state index is 12.3. The summed E-state index contributed by atoms with van der Waals surface area (Å²) < 4.78 is 31.2. The molecular formula is C19H19ClF2N4O2. The molecule has 6 nitrogen and oxygen atoms in total. The number of carbonyl (C=O) groups is 1. The number of pyridine rings is 1. The van der Waals surface area contributed by atoms with Gasteiger partial charge in [-0.05, 0) is 23.8 Å². The lowest BCUT2D eigenvalue weighted by atomic mass is 10.2. The normalized spacial score (nSPS) is 11.4. The maximum Gasteiger partial charge on any atom is 0.272 e. The van der Waals surface area contributed by atoms with Crippen molar-refractivity contribution in [1.29, 1.82) is 0 Å². The second kappa shape index (κ2) is 8.52. The van der Waals surface area contributed by atoms with Crippen LogP contribution in [0.4, 0.5) is 14.6 Å². The van der Waals surface area contributed by atoms with E-state index in [0.29, 0.717) is 17.9 Å². The zero-order valence-corrected chi connectivity index (χ0v) is 16.1. The van der Waals surface area contributed by atoms with Crippen molar-refractivity contribution in [3.05, 3.63) is 47.2 Å². The molecule has 0 bridgehead atoms. The third-order valence-electron chi connectivity index (χ3n) is 3.95. The van der Waals surface area contributed by atoms with Crippen molar-refractivity contribution in [1.82, 2.24) is 14.8 Å². The Balaban J connectivity index is 1.79. The predicted octanol–water partition coefficient (Wildman–Crippen LogP) is 4.37. The lowest BCUT2D eigenvalue weighted by Gasteiger charge is -2.09. The van der Waals surface area contributed by atoms with Gasteiger partial charge in [0, 0.05) is 18.3 Å². The molecule has 0 aliphatic heterocycles. The topological polar surface area (TPSA) is 69.0 Å². The number of nitrogens with zero attached hydrogens (tertiary/aromatic N) is 3. The van der Waals surface area contributed by atoms with Gasteiger partial charge in [-0.1, -0.05) is 31.5 Å². The molecule has 9 heteroatoms. The summed E-state index contributed by atoms with van der Waals surface area (Å²) in [5.74, 6) is 0.370. The molecule has 0 spiro atoms. The van der Waals surface area contributed by atoms with Crippen LogP contribution in [0.5, 0.6) is 5.75 Å². The number of carbonyl (C=O) groups excluding carboxylic acids is 1. The largest absolute Gasteiger partial charge is 0.486 e. The number of anilines is 1. The standard InChI is InChI=1S/C19H19ClF2N4O2/c1-11(2)19(27)24-18-13-9-26(25-15(13)5-6-23-18)8-12-3-4-16(14(20)7-12)28-10-17(21)22/h3-7,9,11,17H,8,10H2,1-2H3,(H,23,24,27). The van der Waals surface area contributed by atoms with Crippen LogP contribution in [0, 0.1) is 5.92 Å². The minimum Gasteiger partial charge on any atom is -0.486 e. The molecule has 28 heavy (non-hydrogen) atoms. The Bertz CT molecular complexity index is 991. The molecule has 0 aliphatic rings. The molecule has 2 heterocycles. The molecule has 3 rings (SSSR count). The van der Waals surface area contributed by atoms with E-state index in [4.69, 9.17) is 16.3 Å². The van der Waals surface area contributed by atoms with E-state index in [-0.39, 0.29) is 22.6 Å². The van der Waals surface area contributed by atoms with Gasteiger partial charge in [0.25, 0.3) is 6.43 Å². The smallest absolute Gasteiger partial charge is 0.272 e. The third-order valence-corrected chi connectivity index (χ3v) is 4.25. The van der Waals surface area contributed by atoms with Crippen LogP contribution in [0.2, 0.25) is 5.02 Å². The number of amides is 1. The van der Waals surface area contributed by atoms with E-state index in [9.17, 15) is 13.6 Å². The van der Waals surface area contributed by atoms with Gasteiger partial charge in [-0.25, -0.2) is 13.8 Å². The Morgan fingerprint density at radius 1 is 1.32 bits per heavy atom. The Hall–Kier alpha value is -2.74. The highest BCUT2D eigenvalue weighted by molar-refractivity contribution is 6.32. The van der Waals surface area contributed by atoms with Crippen LogP contribution in [0.3, 0.4) is 0 Å². The van der Waals surface area contributed by atoms with Crippen LogP contribution < -0.4 is 10.1 Å². The van der Waals surface area contributed by atoms with Gasteiger partial charge >= 0.3 is 0 Å². The van der Waals surface area contributed by atoms with Crippen molar-refractivity contribution < 1.29 is 18.3 Å². The first-order valence-electron chi connectivity index (χ1n) is 8.66. The highest BCUT2D eigenvalue weighted by Crippen LogP contribution is 2.27. The van der Waals surface area contributed by atoms with Crippen LogP contribution in [0.1, 0.15) is 19.4 Å². The van der Waals surface area contributed by atoms with Gasteiger partial charge in [-0.2, -0.15) is 5.10 Å². The number of halogens is 3. The zero-order valence-electron chi connectivity index (χ0n) is 15.3. The quantitative estimate of drug-likeness (QED) is 0.630. The monoisotopic (exact) mass is 408 g/mol. The van der Waals surface area contributed by atoms with Crippen molar-refractivity contribution in [3.8, 4) is 5.75 Å². The molecule has 0 atom stereocenters. The van der Waals surface area contributed by atoms with Crippen molar-refractivity contribution in [2.75, 3.05) is 11.9 Å². The fourth-order valence-electron chi connectivity index (χ4n) is 2.54. The Morgan fingerprint density at radius 2 is 2.11 bits per heavy atom. The number of fused-ring (bicyclic) bond motifs is 1. The van der Waals surface area contributed by atoms with Crippen molar-refractivity contribution >= 4 is 34.2 Å².